The number of hydrogen-bond acceptors (Lipinski definition) is 4. The number of carbonyl (C=O) groups is 1. The molecule has 1 aromatic heterocycles. The molecule has 3 aromatic rings. The van der Waals surface area contributed by atoms with Crippen molar-refractivity contribution in [2.75, 3.05) is 24.5 Å². The molecule has 0 bridgehead atoms. The molecule has 1 aliphatic rings. The number of carbonyl (C=O) groups excluding carboxylic acids is 1. The minimum Gasteiger partial charge on any atom is -0.353 e. The Morgan fingerprint density at radius 3 is 2.62 bits per heavy atom. The van der Waals surface area contributed by atoms with Crippen LogP contribution in [0, 0.1) is 0 Å². The van der Waals surface area contributed by atoms with Crippen LogP contribution in [0.4, 0.5) is 5.82 Å². The van der Waals surface area contributed by atoms with Crippen LogP contribution in [0.1, 0.15) is 27.5 Å². The Morgan fingerprint density at radius 2 is 1.90 bits per heavy atom. The van der Waals surface area contributed by atoms with Gasteiger partial charge in [0, 0.05) is 43.4 Å². The van der Waals surface area contributed by atoms with Gasteiger partial charge in [-0.2, -0.15) is 0 Å². The molecule has 1 saturated heterocycles. The Bertz CT molecular complexity index is 945. The van der Waals surface area contributed by atoms with Crippen molar-refractivity contribution in [3.8, 4) is 0 Å². The number of pyridine rings is 1. The number of benzene rings is 2. The Labute approximate surface area is 175 Å². The summed E-state index contributed by atoms with van der Waals surface area (Å²) in [5.74, 6) is 0.753. The summed E-state index contributed by atoms with van der Waals surface area (Å²) < 4.78 is 0. The van der Waals surface area contributed by atoms with Gasteiger partial charge in [-0.05, 0) is 35.4 Å². The third-order valence-corrected chi connectivity index (χ3v) is 5.33. The topological polar surface area (TPSA) is 57.3 Å². The molecule has 0 radical (unpaired) electrons. The van der Waals surface area contributed by atoms with E-state index in [0.29, 0.717) is 17.1 Å². The van der Waals surface area contributed by atoms with Crippen molar-refractivity contribution in [2.45, 2.75) is 12.6 Å². The van der Waals surface area contributed by atoms with Gasteiger partial charge in [-0.25, -0.2) is 4.98 Å². The van der Waals surface area contributed by atoms with Crippen LogP contribution in [-0.2, 0) is 6.54 Å². The molecule has 1 fully saturated rings. The molecule has 2 N–H and O–H groups in total. The van der Waals surface area contributed by atoms with Gasteiger partial charge >= 0.3 is 0 Å². The van der Waals surface area contributed by atoms with Crippen molar-refractivity contribution in [1.29, 1.82) is 0 Å². The molecule has 29 heavy (non-hydrogen) atoms. The lowest BCUT2D eigenvalue weighted by atomic mass is 10.0. The van der Waals surface area contributed by atoms with E-state index in [0.717, 1.165) is 31.0 Å². The third-order valence-electron chi connectivity index (χ3n) is 5.08. The molecule has 0 aliphatic carbocycles. The van der Waals surface area contributed by atoms with Crippen LogP contribution < -0.4 is 15.5 Å². The van der Waals surface area contributed by atoms with Gasteiger partial charge in [-0.1, -0.05) is 54.1 Å². The van der Waals surface area contributed by atoms with Gasteiger partial charge in [0.1, 0.15) is 5.82 Å². The highest BCUT2D eigenvalue weighted by atomic mass is 35.5. The maximum atomic E-state index is 12.4. The fraction of sp³-hybridized carbons (Fsp3) is 0.217. The number of hydrogen-bond donors (Lipinski definition) is 2. The fourth-order valence-electron chi connectivity index (χ4n) is 3.46. The molecule has 0 spiro atoms. The van der Waals surface area contributed by atoms with Crippen molar-refractivity contribution in [1.82, 2.24) is 15.6 Å². The van der Waals surface area contributed by atoms with Gasteiger partial charge in [0.05, 0.1) is 5.56 Å². The molecule has 2 heterocycles. The van der Waals surface area contributed by atoms with Crippen molar-refractivity contribution < 1.29 is 4.79 Å². The predicted molar refractivity (Wildman–Crippen MR) is 116 cm³/mol. The van der Waals surface area contributed by atoms with E-state index in [1.54, 1.807) is 6.20 Å². The van der Waals surface area contributed by atoms with E-state index in [2.05, 4.69) is 44.8 Å². The first-order chi connectivity index (χ1) is 14.2. The number of nitrogens with one attached hydrogen (secondary N) is 2. The molecule has 4 rings (SSSR count). The van der Waals surface area contributed by atoms with E-state index < -0.39 is 0 Å². The monoisotopic (exact) mass is 406 g/mol. The number of amides is 1. The zero-order valence-electron chi connectivity index (χ0n) is 16.0. The summed E-state index contributed by atoms with van der Waals surface area (Å²) in [6.45, 7) is 3.08. The summed E-state index contributed by atoms with van der Waals surface area (Å²) in [6, 6.07) is 21.9. The SMILES string of the molecule is O=C(NCc1ccc(Cl)cc1)c1ccc(N2CCN[C@@H](c3ccccc3)C2)nc1. The van der Waals surface area contributed by atoms with E-state index in [9.17, 15) is 4.79 Å². The van der Waals surface area contributed by atoms with Crippen LogP contribution in [0.5, 0.6) is 0 Å². The largest absolute Gasteiger partial charge is 0.353 e. The number of rotatable bonds is 5. The van der Waals surface area contributed by atoms with E-state index in [-0.39, 0.29) is 11.9 Å². The quantitative estimate of drug-likeness (QED) is 0.676. The Morgan fingerprint density at radius 1 is 1.10 bits per heavy atom. The third kappa shape index (κ3) is 4.94. The summed E-state index contributed by atoms with van der Waals surface area (Å²) in [5, 5.41) is 7.16. The standard InChI is InChI=1S/C23H23ClN4O/c24-20-9-6-17(7-10-20)14-27-23(29)19-8-11-22(26-15-19)28-13-12-25-21(16-28)18-4-2-1-3-5-18/h1-11,15,21,25H,12-14,16H2,(H,27,29)/t21-/m1/s1. The van der Waals surface area contributed by atoms with Gasteiger partial charge in [-0.3, -0.25) is 4.79 Å². The van der Waals surface area contributed by atoms with E-state index in [1.807, 2.05) is 42.5 Å². The number of aromatic nitrogens is 1. The summed E-state index contributed by atoms with van der Waals surface area (Å²) in [7, 11) is 0. The molecule has 5 nitrogen and oxygen atoms in total. The lowest BCUT2D eigenvalue weighted by Gasteiger charge is -2.34. The lowest BCUT2D eigenvalue weighted by molar-refractivity contribution is 0.0950. The molecular formula is C23H23ClN4O. The van der Waals surface area contributed by atoms with Crippen molar-refractivity contribution in [2.24, 2.45) is 0 Å². The van der Waals surface area contributed by atoms with Gasteiger partial charge in [0.25, 0.3) is 5.91 Å². The predicted octanol–water partition coefficient (Wildman–Crippen LogP) is 3.82. The summed E-state index contributed by atoms with van der Waals surface area (Å²) in [4.78, 5) is 19.2. The molecular weight excluding hydrogens is 384 g/mol. The Kier molecular flexibility index (Phi) is 6.08. The highest BCUT2D eigenvalue weighted by Crippen LogP contribution is 2.21. The van der Waals surface area contributed by atoms with E-state index in [1.165, 1.54) is 5.56 Å². The first kappa shape index (κ1) is 19.4. The van der Waals surface area contributed by atoms with Crippen molar-refractivity contribution in [3.05, 3.63) is 94.6 Å². The molecule has 1 atom stereocenters. The van der Waals surface area contributed by atoms with Crippen LogP contribution >= 0.6 is 11.6 Å². The molecule has 2 aromatic carbocycles. The molecule has 0 saturated carbocycles. The fourth-order valence-corrected chi connectivity index (χ4v) is 3.59. The van der Waals surface area contributed by atoms with Crippen LogP contribution in [0.3, 0.4) is 0 Å². The summed E-state index contributed by atoms with van der Waals surface area (Å²) >= 11 is 5.89. The zero-order chi connectivity index (χ0) is 20.1. The van der Waals surface area contributed by atoms with Crippen LogP contribution in [0.2, 0.25) is 5.02 Å². The Balaban J connectivity index is 1.37. The molecule has 1 amide bonds. The Hall–Kier alpha value is -2.89. The normalized spacial score (nSPS) is 16.4. The molecule has 148 valence electrons. The maximum absolute atomic E-state index is 12.4. The zero-order valence-corrected chi connectivity index (χ0v) is 16.8. The first-order valence-corrected chi connectivity index (χ1v) is 10.1. The minimum atomic E-state index is -0.138. The van der Waals surface area contributed by atoms with Crippen LogP contribution in [0.25, 0.3) is 0 Å². The van der Waals surface area contributed by atoms with Gasteiger partial charge < -0.3 is 15.5 Å². The maximum Gasteiger partial charge on any atom is 0.253 e. The highest BCUT2D eigenvalue weighted by molar-refractivity contribution is 6.30. The number of piperazine rings is 1. The second-order valence-electron chi connectivity index (χ2n) is 7.08. The average Bonchev–Trinajstić information content (AvgIpc) is 2.79. The van der Waals surface area contributed by atoms with Crippen molar-refractivity contribution in [3.63, 3.8) is 0 Å². The summed E-state index contributed by atoms with van der Waals surface area (Å²) in [5.41, 5.74) is 2.83. The highest BCUT2D eigenvalue weighted by Gasteiger charge is 2.21. The van der Waals surface area contributed by atoms with Crippen molar-refractivity contribution >= 4 is 23.3 Å². The lowest BCUT2D eigenvalue weighted by Crippen LogP contribution is -2.46. The number of anilines is 1. The van der Waals surface area contributed by atoms with Crippen LogP contribution in [0.15, 0.2) is 72.9 Å². The first-order valence-electron chi connectivity index (χ1n) is 9.71. The summed E-state index contributed by atoms with van der Waals surface area (Å²) in [6.07, 6.45) is 1.64. The van der Waals surface area contributed by atoms with E-state index >= 15 is 0 Å². The smallest absolute Gasteiger partial charge is 0.253 e. The molecule has 1 aliphatic heterocycles. The number of nitrogens with zero attached hydrogens (tertiary/aromatic N) is 2. The van der Waals surface area contributed by atoms with Gasteiger partial charge in [-0.15, -0.1) is 0 Å². The number of halogens is 1. The van der Waals surface area contributed by atoms with E-state index in [4.69, 9.17) is 11.6 Å². The van der Waals surface area contributed by atoms with Gasteiger partial charge in [0.15, 0.2) is 0 Å². The molecule has 6 heteroatoms. The second kappa shape index (κ2) is 9.07. The molecule has 0 unspecified atom stereocenters. The minimum absolute atomic E-state index is 0.138. The second-order valence-corrected chi connectivity index (χ2v) is 7.51. The van der Waals surface area contributed by atoms with Crippen LogP contribution in [-0.4, -0.2) is 30.5 Å². The van der Waals surface area contributed by atoms with Gasteiger partial charge in [0.2, 0.25) is 0 Å². The average molecular weight is 407 g/mol.